The normalized spacial score (nSPS) is 11.3. The summed E-state index contributed by atoms with van der Waals surface area (Å²) in [5, 5.41) is 6.92. The molecule has 0 aliphatic carbocycles. The van der Waals surface area contributed by atoms with Gasteiger partial charge in [-0.15, -0.1) is 0 Å². The van der Waals surface area contributed by atoms with Crippen LogP contribution in [0.1, 0.15) is 26.2 Å². The predicted molar refractivity (Wildman–Crippen MR) is 118 cm³/mol. The molecule has 1 aromatic rings. The van der Waals surface area contributed by atoms with E-state index in [4.69, 9.17) is 24.4 Å². The first-order chi connectivity index (χ1) is 12.6. The summed E-state index contributed by atoms with van der Waals surface area (Å²) in [6, 6.07) is 0. The quantitative estimate of drug-likeness (QED) is 0.286. The molecule has 8 heteroatoms. The second kappa shape index (κ2) is 14.0. The fourth-order valence-electron chi connectivity index (χ4n) is 2.51. The number of unbranched alkanes of at least 4 members (excludes halogenated alkanes) is 1. The van der Waals surface area contributed by atoms with Crippen LogP contribution in [0.4, 0.5) is 0 Å². The Morgan fingerprint density at radius 3 is 2.58 bits per heavy atom. The van der Waals surface area contributed by atoms with E-state index in [1.54, 1.807) is 7.05 Å². The van der Waals surface area contributed by atoms with Gasteiger partial charge in [-0.25, -0.2) is 0 Å². The van der Waals surface area contributed by atoms with E-state index in [9.17, 15) is 0 Å². The zero-order chi connectivity index (χ0) is 19.2. The van der Waals surface area contributed by atoms with Gasteiger partial charge in [-0.1, -0.05) is 25.6 Å². The van der Waals surface area contributed by atoms with E-state index < -0.39 is 0 Å². The third kappa shape index (κ3) is 9.02. The molecule has 1 aromatic heterocycles. The standard InChI is InChI=1S/C18H34N6S2/c1-4-5-6-17(25)23(12-9-19-2)13-10-20-7-8-21-11-14-24-16-15-22(3)18(24)26/h9,15-16,20-21H,4-8,10-14H2,1-3H3. The summed E-state index contributed by atoms with van der Waals surface area (Å²) in [6.45, 7) is 8.55. The highest BCUT2D eigenvalue weighted by Crippen LogP contribution is 2.02. The molecule has 0 saturated carbocycles. The van der Waals surface area contributed by atoms with Crippen molar-refractivity contribution in [2.45, 2.75) is 32.7 Å². The molecule has 0 spiro atoms. The van der Waals surface area contributed by atoms with Crippen LogP contribution in [0.5, 0.6) is 0 Å². The van der Waals surface area contributed by atoms with Crippen LogP contribution in [0.25, 0.3) is 0 Å². The van der Waals surface area contributed by atoms with Crippen LogP contribution in [0, 0.1) is 4.77 Å². The van der Waals surface area contributed by atoms with Crippen LogP contribution in [-0.2, 0) is 13.6 Å². The molecule has 148 valence electrons. The molecule has 0 fully saturated rings. The van der Waals surface area contributed by atoms with E-state index in [0.29, 0.717) is 0 Å². The van der Waals surface area contributed by atoms with Gasteiger partial charge in [0.25, 0.3) is 0 Å². The van der Waals surface area contributed by atoms with E-state index in [-0.39, 0.29) is 0 Å². The molecule has 0 amide bonds. The fourth-order valence-corrected chi connectivity index (χ4v) is 3.03. The number of rotatable bonds is 14. The monoisotopic (exact) mass is 398 g/mol. The fraction of sp³-hybridized carbons (Fsp3) is 0.722. The number of thiocarbonyl (C=S) groups is 1. The Bertz CT molecular complexity index is 593. The number of aliphatic imine (C=N–C) groups is 1. The molecular weight excluding hydrogens is 364 g/mol. The van der Waals surface area contributed by atoms with Gasteiger partial charge in [-0.05, 0) is 25.1 Å². The highest BCUT2D eigenvalue weighted by molar-refractivity contribution is 7.80. The third-order valence-corrected chi connectivity index (χ3v) is 5.15. The lowest BCUT2D eigenvalue weighted by Gasteiger charge is -2.24. The van der Waals surface area contributed by atoms with Crippen LogP contribution < -0.4 is 10.6 Å². The molecule has 6 nitrogen and oxygen atoms in total. The zero-order valence-corrected chi connectivity index (χ0v) is 18.0. The first-order valence-electron chi connectivity index (χ1n) is 9.41. The van der Waals surface area contributed by atoms with E-state index in [2.05, 4.69) is 32.0 Å². The number of aryl methyl sites for hydroxylation is 1. The number of imidazole rings is 1. The predicted octanol–water partition coefficient (Wildman–Crippen LogP) is 2.26. The number of hydrogen-bond donors (Lipinski definition) is 2. The van der Waals surface area contributed by atoms with Gasteiger partial charge >= 0.3 is 0 Å². The molecule has 2 N–H and O–H groups in total. The summed E-state index contributed by atoms with van der Waals surface area (Å²) in [5.74, 6) is 0. The largest absolute Gasteiger partial charge is 0.360 e. The summed E-state index contributed by atoms with van der Waals surface area (Å²) in [6.07, 6.45) is 9.26. The molecule has 0 aromatic carbocycles. The number of nitrogens with zero attached hydrogens (tertiary/aromatic N) is 4. The maximum absolute atomic E-state index is 5.56. The molecule has 1 rings (SSSR count). The van der Waals surface area contributed by atoms with E-state index in [1.807, 2.05) is 30.2 Å². The Kier molecular flexibility index (Phi) is 12.4. The first kappa shape index (κ1) is 23.0. The lowest BCUT2D eigenvalue weighted by atomic mass is 10.2. The van der Waals surface area contributed by atoms with Crippen molar-refractivity contribution in [3.8, 4) is 0 Å². The molecule has 0 saturated heterocycles. The van der Waals surface area contributed by atoms with Crippen molar-refractivity contribution in [3.05, 3.63) is 17.2 Å². The molecule has 1 heterocycles. The van der Waals surface area contributed by atoms with Gasteiger partial charge in [0, 0.05) is 72.0 Å². The molecule has 0 aliphatic rings. The molecule has 0 aliphatic heterocycles. The molecule has 0 bridgehead atoms. The van der Waals surface area contributed by atoms with Gasteiger partial charge in [-0.3, -0.25) is 4.99 Å². The summed E-state index contributed by atoms with van der Waals surface area (Å²) >= 11 is 10.9. The van der Waals surface area contributed by atoms with Gasteiger partial charge in [-0.2, -0.15) is 0 Å². The van der Waals surface area contributed by atoms with Gasteiger partial charge < -0.3 is 24.7 Å². The molecule has 0 radical (unpaired) electrons. The topological polar surface area (TPSA) is 49.5 Å². The lowest BCUT2D eigenvalue weighted by Crippen LogP contribution is -2.39. The Morgan fingerprint density at radius 1 is 1.23 bits per heavy atom. The maximum Gasteiger partial charge on any atom is 0.179 e. The summed E-state index contributed by atoms with van der Waals surface area (Å²) < 4.78 is 4.90. The highest BCUT2D eigenvalue weighted by Gasteiger charge is 2.07. The molecule has 0 atom stereocenters. The maximum atomic E-state index is 5.56. The zero-order valence-electron chi connectivity index (χ0n) is 16.4. The van der Waals surface area contributed by atoms with Crippen molar-refractivity contribution in [3.63, 3.8) is 0 Å². The lowest BCUT2D eigenvalue weighted by molar-refractivity contribution is 0.453. The highest BCUT2D eigenvalue weighted by atomic mass is 32.1. The molecule has 0 unspecified atom stereocenters. The first-order valence-corrected chi connectivity index (χ1v) is 10.2. The Morgan fingerprint density at radius 2 is 1.96 bits per heavy atom. The second-order valence-electron chi connectivity index (χ2n) is 6.27. The second-order valence-corrected chi connectivity index (χ2v) is 7.11. The molecule has 26 heavy (non-hydrogen) atoms. The van der Waals surface area contributed by atoms with Crippen LogP contribution in [0.15, 0.2) is 17.4 Å². The van der Waals surface area contributed by atoms with Crippen molar-refractivity contribution in [2.75, 3.05) is 46.3 Å². The van der Waals surface area contributed by atoms with E-state index in [1.165, 1.54) is 6.42 Å². The van der Waals surface area contributed by atoms with Crippen LogP contribution >= 0.6 is 24.4 Å². The third-order valence-electron chi connectivity index (χ3n) is 4.17. The minimum atomic E-state index is 0.802. The van der Waals surface area contributed by atoms with Gasteiger partial charge in [0.15, 0.2) is 4.77 Å². The number of nitrogens with one attached hydrogen (secondary N) is 2. The van der Waals surface area contributed by atoms with E-state index >= 15 is 0 Å². The summed E-state index contributed by atoms with van der Waals surface area (Å²) in [5.41, 5.74) is 0. The average Bonchev–Trinajstić information content (AvgIpc) is 2.96. The van der Waals surface area contributed by atoms with Crippen LogP contribution in [0.3, 0.4) is 0 Å². The number of aromatic nitrogens is 2. The van der Waals surface area contributed by atoms with Gasteiger partial charge in [0.2, 0.25) is 0 Å². The SMILES string of the molecule is CCCCC(=S)N(CC=NC)CCNCCNCCn1ccn(C)c1=S. The van der Waals surface area contributed by atoms with Crippen molar-refractivity contribution in [2.24, 2.45) is 12.0 Å². The Labute approximate surface area is 168 Å². The van der Waals surface area contributed by atoms with Crippen molar-refractivity contribution >= 4 is 35.6 Å². The number of hydrogen-bond acceptors (Lipinski definition) is 5. The minimum Gasteiger partial charge on any atom is -0.360 e. The smallest absolute Gasteiger partial charge is 0.179 e. The van der Waals surface area contributed by atoms with Crippen molar-refractivity contribution in [1.82, 2.24) is 24.7 Å². The average molecular weight is 399 g/mol. The van der Waals surface area contributed by atoms with E-state index in [0.717, 1.165) is 68.4 Å². The summed E-state index contributed by atoms with van der Waals surface area (Å²) in [4.78, 5) is 7.37. The summed E-state index contributed by atoms with van der Waals surface area (Å²) in [7, 11) is 3.78. The van der Waals surface area contributed by atoms with Gasteiger partial charge in [0.1, 0.15) is 0 Å². The molecular formula is C18H34N6S2. The van der Waals surface area contributed by atoms with Crippen LogP contribution in [0.2, 0.25) is 0 Å². The van der Waals surface area contributed by atoms with Gasteiger partial charge in [0.05, 0.1) is 11.5 Å². The van der Waals surface area contributed by atoms with Crippen molar-refractivity contribution < 1.29 is 0 Å². The minimum absolute atomic E-state index is 0.802. The Balaban J connectivity index is 2.13. The Hall–Kier alpha value is -1.09. The van der Waals surface area contributed by atoms with Crippen molar-refractivity contribution in [1.29, 1.82) is 0 Å². The van der Waals surface area contributed by atoms with Crippen LogP contribution in [-0.4, -0.2) is 71.6 Å².